The molecule has 1 aliphatic carbocycles. The van der Waals surface area contributed by atoms with Crippen molar-refractivity contribution in [2.45, 2.75) is 52.2 Å². The SMILES string of the molecule is CCNc1nc(NC2CCCC2CO)nc(OC(C)C)n1. The number of aliphatic hydroxyl groups is 1. The second-order valence-corrected chi connectivity index (χ2v) is 5.59. The number of hydrogen-bond acceptors (Lipinski definition) is 7. The third-order valence-corrected chi connectivity index (χ3v) is 3.50. The lowest BCUT2D eigenvalue weighted by Gasteiger charge is -2.19. The summed E-state index contributed by atoms with van der Waals surface area (Å²) in [6.45, 7) is 6.77. The average molecular weight is 295 g/mol. The highest BCUT2D eigenvalue weighted by Crippen LogP contribution is 2.27. The molecule has 0 bridgehead atoms. The van der Waals surface area contributed by atoms with E-state index in [1.807, 2.05) is 20.8 Å². The van der Waals surface area contributed by atoms with Crippen LogP contribution in [-0.4, -0.2) is 45.4 Å². The van der Waals surface area contributed by atoms with Crippen LogP contribution in [0.5, 0.6) is 6.01 Å². The molecule has 1 aromatic rings. The Morgan fingerprint density at radius 1 is 1.24 bits per heavy atom. The maximum absolute atomic E-state index is 9.40. The summed E-state index contributed by atoms with van der Waals surface area (Å²) in [4.78, 5) is 12.9. The molecule has 7 heteroatoms. The van der Waals surface area contributed by atoms with E-state index in [1.54, 1.807) is 0 Å². The summed E-state index contributed by atoms with van der Waals surface area (Å²) in [5.41, 5.74) is 0. The van der Waals surface area contributed by atoms with Crippen molar-refractivity contribution >= 4 is 11.9 Å². The largest absolute Gasteiger partial charge is 0.461 e. The fourth-order valence-electron chi connectivity index (χ4n) is 2.53. The third kappa shape index (κ3) is 4.42. The standard InChI is InChI=1S/C14H25N5O2/c1-4-15-12-17-13(19-14(18-12)21-9(2)3)16-11-7-5-6-10(11)8-20/h9-11,20H,4-8H2,1-3H3,(H2,15,16,17,18,19). The number of aromatic nitrogens is 3. The summed E-state index contributed by atoms with van der Waals surface area (Å²) in [7, 11) is 0. The molecule has 0 aromatic carbocycles. The number of aliphatic hydroxyl groups excluding tert-OH is 1. The molecule has 3 N–H and O–H groups in total. The molecule has 0 amide bonds. The number of nitrogens with one attached hydrogen (secondary N) is 2. The predicted octanol–water partition coefficient (Wildman–Crippen LogP) is 1.66. The summed E-state index contributed by atoms with van der Waals surface area (Å²) in [6, 6.07) is 0.524. The molecule has 2 atom stereocenters. The molecule has 0 saturated heterocycles. The highest BCUT2D eigenvalue weighted by Gasteiger charge is 2.27. The Morgan fingerprint density at radius 2 is 2.00 bits per heavy atom. The van der Waals surface area contributed by atoms with Crippen LogP contribution in [0.4, 0.5) is 11.9 Å². The first-order valence-electron chi connectivity index (χ1n) is 7.66. The Hall–Kier alpha value is -1.63. The third-order valence-electron chi connectivity index (χ3n) is 3.50. The molecule has 0 spiro atoms. The number of rotatable bonds is 7. The zero-order chi connectivity index (χ0) is 15.2. The van der Waals surface area contributed by atoms with Gasteiger partial charge < -0.3 is 20.5 Å². The van der Waals surface area contributed by atoms with Crippen molar-refractivity contribution in [3.8, 4) is 6.01 Å². The molecule has 1 aliphatic rings. The Balaban J connectivity index is 2.14. The first kappa shape index (κ1) is 15.8. The van der Waals surface area contributed by atoms with Crippen LogP contribution in [0.15, 0.2) is 0 Å². The second kappa shape index (κ2) is 7.40. The fraction of sp³-hybridized carbons (Fsp3) is 0.786. The van der Waals surface area contributed by atoms with Gasteiger partial charge in [0.05, 0.1) is 6.10 Å². The molecular weight excluding hydrogens is 270 g/mol. The molecule has 1 saturated carbocycles. The molecule has 1 heterocycles. The molecule has 7 nitrogen and oxygen atoms in total. The smallest absolute Gasteiger partial charge is 0.323 e. The molecule has 0 aliphatic heterocycles. The van der Waals surface area contributed by atoms with Crippen LogP contribution >= 0.6 is 0 Å². The molecule has 2 rings (SSSR count). The Labute approximate surface area is 125 Å². The Kier molecular flexibility index (Phi) is 5.55. The first-order valence-corrected chi connectivity index (χ1v) is 7.66. The second-order valence-electron chi connectivity index (χ2n) is 5.59. The number of anilines is 2. The molecular formula is C14H25N5O2. The van der Waals surface area contributed by atoms with Crippen molar-refractivity contribution in [3.63, 3.8) is 0 Å². The van der Waals surface area contributed by atoms with Crippen molar-refractivity contribution in [3.05, 3.63) is 0 Å². The minimum atomic E-state index is 0.00592. The van der Waals surface area contributed by atoms with Gasteiger partial charge in [0, 0.05) is 25.1 Å². The van der Waals surface area contributed by atoms with Gasteiger partial charge in [0.2, 0.25) is 11.9 Å². The topological polar surface area (TPSA) is 92.2 Å². The van der Waals surface area contributed by atoms with E-state index in [0.29, 0.717) is 17.9 Å². The van der Waals surface area contributed by atoms with Gasteiger partial charge in [-0.2, -0.15) is 15.0 Å². The van der Waals surface area contributed by atoms with E-state index >= 15 is 0 Å². The van der Waals surface area contributed by atoms with E-state index in [-0.39, 0.29) is 24.7 Å². The van der Waals surface area contributed by atoms with Crippen molar-refractivity contribution in [2.75, 3.05) is 23.8 Å². The summed E-state index contributed by atoms with van der Waals surface area (Å²) in [5.74, 6) is 1.27. The van der Waals surface area contributed by atoms with Crippen LogP contribution in [0.1, 0.15) is 40.0 Å². The molecule has 21 heavy (non-hydrogen) atoms. The summed E-state index contributed by atoms with van der Waals surface area (Å²) >= 11 is 0. The van der Waals surface area contributed by atoms with Gasteiger partial charge in [-0.3, -0.25) is 0 Å². The maximum atomic E-state index is 9.40. The minimum absolute atomic E-state index is 0.00592. The van der Waals surface area contributed by atoms with Crippen LogP contribution in [0.2, 0.25) is 0 Å². The maximum Gasteiger partial charge on any atom is 0.323 e. The Morgan fingerprint density at radius 3 is 2.67 bits per heavy atom. The molecule has 118 valence electrons. The Bertz CT molecular complexity index is 455. The van der Waals surface area contributed by atoms with Gasteiger partial charge in [-0.15, -0.1) is 0 Å². The number of hydrogen-bond donors (Lipinski definition) is 3. The van der Waals surface area contributed by atoms with Crippen molar-refractivity contribution in [2.24, 2.45) is 5.92 Å². The van der Waals surface area contributed by atoms with Gasteiger partial charge in [0.15, 0.2) is 0 Å². The van der Waals surface area contributed by atoms with Gasteiger partial charge in [0.25, 0.3) is 0 Å². The van der Waals surface area contributed by atoms with Crippen LogP contribution in [0.3, 0.4) is 0 Å². The van der Waals surface area contributed by atoms with Gasteiger partial charge >= 0.3 is 6.01 Å². The lowest BCUT2D eigenvalue weighted by molar-refractivity contribution is 0.220. The summed E-state index contributed by atoms with van der Waals surface area (Å²) in [5, 5.41) is 15.8. The lowest BCUT2D eigenvalue weighted by atomic mass is 10.1. The monoisotopic (exact) mass is 295 g/mol. The van der Waals surface area contributed by atoms with E-state index in [2.05, 4.69) is 25.6 Å². The van der Waals surface area contributed by atoms with Crippen LogP contribution in [0, 0.1) is 5.92 Å². The number of ether oxygens (including phenoxy) is 1. The predicted molar refractivity (Wildman–Crippen MR) is 81.6 cm³/mol. The highest BCUT2D eigenvalue weighted by molar-refractivity contribution is 5.37. The van der Waals surface area contributed by atoms with Gasteiger partial charge in [-0.1, -0.05) is 6.42 Å². The summed E-state index contributed by atoms with van der Waals surface area (Å²) < 4.78 is 5.57. The van der Waals surface area contributed by atoms with Gasteiger partial charge in [-0.05, 0) is 33.6 Å². The highest BCUT2D eigenvalue weighted by atomic mass is 16.5. The number of nitrogens with zero attached hydrogens (tertiary/aromatic N) is 3. The summed E-state index contributed by atoms with van der Waals surface area (Å²) in [6.07, 6.45) is 3.18. The van der Waals surface area contributed by atoms with E-state index in [0.717, 1.165) is 25.8 Å². The lowest BCUT2D eigenvalue weighted by Crippen LogP contribution is -2.27. The fourth-order valence-corrected chi connectivity index (χ4v) is 2.53. The zero-order valence-electron chi connectivity index (χ0n) is 13.0. The first-order chi connectivity index (χ1) is 10.1. The van der Waals surface area contributed by atoms with Crippen molar-refractivity contribution in [1.82, 2.24) is 15.0 Å². The van der Waals surface area contributed by atoms with E-state index in [1.165, 1.54) is 0 Å². The van der Waals surface area contributed by atoms with E-state index in [4.69, 9.17) is 4.74 Å². The minimum Gasteiger partial charge on any atom is -0.461 e. The molecule has 2 unspecified atom stereocenters. The van der Waals surface area contributed by atoms with E-state index in [9.17, 15) is 5.11 Å². The van der Waals surface area contributed by atoms with E-state index < -0.39 is 0 Å². The molecule has 1 fully saturated rings. The quantitative estimate of drug-likeness (QED) is 0.704. The molecule has 0 radical (unpaired) electrons. The van der Waals surface area contributed by atoms with Crippen molar-refractivity contribution < 1.29 is 9.84 Å². The van der Waals surface area contributed by atoms with Crippen LogP contribution < -0.4 is 15.4 Å². The van der Waals surface area contributed by atoms with Crippen LogP contribution in [-0.2, 0) is 0 Å². The van der Waals surface area contributed by atoms with Crippen LogP contribution in [0.25, 0.3) is 0 Å². The average Bonchev–Trinajstić information content (AvgIpc) is 2.85. The normalized spacial score (nSPS) is 21.6. The molecule has 1 aromatic heterocycles. The zero-order valence-corrected chi connectivity index (χ0v) is 13.0. The van der Waals surface area contributed by atoms with Gasteiger partial charge in [0.1, 0.15) is 0 Å². The van der Waals surface area contributed by atoms with Gasteiger partial charge in [-0.25, -0.2) is 0 Å². The van der Waals surface area contributed by atoms with Crippen molar-refractivity contribution in [1.29, 1.82) is 0 Å².